The zero-order valence-corrected chi connectivity index (χ0v) is 27.9. The van der Waals surface area contributed by atoms with Crippen molar-refractivity contribution in [1.29, 1.82) is 0 Å². The number of hydrogen-bond acceptors (Lipinski definition) is 0. The van der Waals surface area contributed by atoms with Crippen LogP contribution in [0.5, 0.6) is 0 Å². The number of benzene rings is 8. The maximum atomic E-state index is 2.54. The van der Waals surface area contributed by atoms with E-state index in [1.807, 2.05) is 0 Å². The predicted octanol–water partition coefficient (Wildman–Crippen LogP) is 13.1. The van der Waals surface area contributed by atoms with Gasteiger partial charge in [0.05, 0.1) is 0 Å². The van der Waals surface area contributed by atoms with Gasteiger partial charge >= 0.3 is 0 Å². The molecule has 0 nitrogen and oxygen atoms in total. The standard InChI is InChI=1S/C48H36/c1-47(2)42-15-9-14-38-36(35-19-17-30-11-6-8-13-32(30)25-35)22-23-39(46(38)42)41-28-44-40(27-45(41)47)37-21-20-34(26-43(37)48(44,3)4)33-18-16-29-10-5-7-12-31(29)24-33/h5-28H,1-4H3. The maximum absolute atomic E-state index is 2.54. The minimum atomic E-state index is -0.142. The lowest BCUT2D eigenvalue weighted by Crippen LogP contribution is -2.24. The third kappa shape index (κ3) is 3.72. The van der Waals surface area contributed by atoms with E-state index in [2.05, 4.69) is 173 Å². The summed E-state index contributed by atoms with van der Waals surface area (Å²) in [6, 6.07) is 55.0. The maximum Gasteiger partial charge on any atom is 0.0159 e. The molecule has 10 rings (SSSR count). The molecule has 0 radical (unpaired) electrons. The fourth-order valence-electron chi connectivity index (χ4n) is 8.97. The highest BCUT2D eigenvalue weighted by molar-refractivity contribution is 6.10. The van der Waals surface area contributed by atoms with E-state index in [1.54, 1.807) is 0 Å². The molecule has 8 aromatic rings. The van der Waals surface area contributed by atoms with Crippen LogP contribution in [0.25, 0.3) is 76.8 Å². The lowest BCUT2D eigenvalue weighted by molar-refractivity contribution is 0.639. The highest BCUT2D eigenvalue weighted by atomic mass is 14.4. The van der Waals surface area contributed by atoms with E-state index in [1.165, 1.54) is 99.1 Å². The van der Waals surface area contributed by atoms with Crippen LogP contribution in [0.2, 0.25) is 0 Å². The molecular weight excluding hydrogens is 577 g/mol. The molecule has 0 saturated carbocycles. The summed E-state index contributed by atoms with van der Waals surface area (Å²) >= 11 is 0. The van der Waals surface area contributed by atoms with E-state index in [9.17, 15) is 0 Å². The summed E-state index contributed by atoms with van der Waals surface area (Å²) in [5.41, 5.74) is 16.0. The van der Waals surface area contributed by atoms with Gasteiger partial charge in [0.1, 0.15) is 0 Å². The molecule has 48 heavy (non-hydrogen) atoms. The minimum absolute atomic E-state index is 0.113. The lowest BCUT2D eigenvalue weighted by Gasteiger charge is -2.36. The molecule has 0 amide bonds. The topological polar surface area (TPSA) is 0 Å². The second-order valence-corrected chi connectivity index (χ2v) is 15.0. The molecule has 0 aromatic heterocycles. The van der Waals surface area contributed by atoms with E-state index >= 15 is 0 Å². The smallest absolute Gasteiger partial charge is 0.0159 e. The van der Waals surface area contributed by atoms with E-state index in [0.29, 0.717) is 0 Å². The van der Waals surface area contributed by atoms with Crippen molar-refractivity contribution in [2.24, 2.45) is 0 Å². The van der Waals surface area contributed by atoms with Crippen molar-refractivity contribution in [2.75, 3.05) is 0 Å². The average molecular weight is 613 g/mol. The van der Waals surface area contributed by atoms with E-state index in [-0.39, 0.29) is 10.8 Å². The van der Waals surface area contributed by atoms with Gasteiger partial charge in [0, 0.05) is 10.8 Å². The predicted molar refractivity (Wildman–Crippen MR) is 205 cm³/mol. The molecule has 2 aliphatic carbocycles. The SMILES string of the molecule is CC1(C)c2cc(-c3ccc4ccccc4c3)ccc2-c2cc3c(cc21)-c1ccc(-c2ccc4ccccc4c2)c2cccc(c12)C3(C)C. The summed E-state index contributed by atoms with van der Waals surface area (Å²) in [5.74, 6) is 0. The first kappa shape index (κ1) is 27.6. The van der Waals surface area contributed by atoms with Crippen LogP contribution >= 0.6 is 0 Å². The summed E-state index contributed by atoms with van der Waals surface area (Å²) in [6.07, 6.45) is 0. The Kier molecular flexibility index (Phi) is 5.50. The molecule has 0 bridgehead atoms. The van der Waals surface area contributed by atoms with Gasteiger partial charge in [-0.2, -0.15) is 0 Å². The zero-order chi connectivity index (χ0) is 32.4. The van der Waals surface area contributed by atoms with Gasteiger partial charge in [-0.25, -0.2) is 0 Å². The van der Waals surface area contributed by atoms with Crippen molar-refractivity contribution >= 4 is 32.3 Å². The van der Waals surface area contributed by atoms with Crippen LogP contribution in [0.4, 0.5) is 0 Å². The van der Waals surface area contributed by atoms with Gasteiger partial charge in [0.2, 0.25) is 0 Å². The number of rotatable bonds is 2. The van der Waals surface area contributed by atoms with Crippen LogP contribution < -0.4 is 0 Å². The molecule has 0 unspecified atom stereocenters. The largest absolute Gasteiger partial charge is 0.0616 e. The Hall–Kier alpha value is -5.46. The molecule has 0 aliphatic heterocycles. The van der Waals surface area contributed by atoms with E-state index in [4.69, 9.17) is 0 Å². The Bertz CT molecular complexity index is 2660. The molecule has 0 spiro atoms. The van der Waals surface area contributed by atoms with Crippen LogP contribution in [0, 0.1) is 0 Å². The fraction of sp³-hybridized carbons (Fsp3) is 0.125. The fourth-order valence-corrected chi connectivity index (χ4v) is 8.97. The monoisotopic (exact) mass is 612 g/mol. The van der Waals surface area contributed by atoms with Crippen LogP contribution in [0.1, 0.15) is 49.9 Å². The lowest BCUT2D eigenvalue weighted by atomic mass is 9.66. The molecule has 0 saturated heterocycles. The quantitative estimate of drug-likeness (QED) is 0.182. The molecule has 0 atom stereocenters. The van der Waals surface area contributed by atoms with Crippen LogP contribution in [0.15, 0.2) is 146 Å². The molecular formula is C48H36. The molecule has 0 heterocycles. The molecule has 2 aliphatic rings. The summed E-state index contributed by atoms with van der Waals surface area (Å²) in [4.78, 5) is 0. The first-order chi connectivity index (χ1) is 23.3. The van der Waals surface area contributed by atoms with E-state index < -0.39 is 0 Å². The first-order valence-corrected chi connectivity index (χ1v) is 17.2. The number of fused-ring (bicyclic) bond motifs is 7. The number of hydrogen-bond donors (Lipinski definition) is 0. The Balaban J connectivity index is 1.15. The molecule has 228 valence electrons. The highest BCUT2D eigenvalue weighted by Gasteiger charge is 2.40. The zero-order valence-electron chi connectivity index (χ0n) is 27.9. The molecule has 0 fully saturated rings. The van der Waals surface area contributed by atoms with Gasteiger partial charge in [-0.15, -0.1) is 0 Å². The summed E-state index contributed by atoms with van der Waals surface area (Å²) in [7, 11) is 0. The highest BCUT2D eigenvalue weighted by Crippen LogP contribution is 2.56. The van der Waals surface area contributed by atoms with Crippen molar-refractivity contribution in [3.05, 3.63) is 168 Å². The summed E-state index contributed by atoms with van der Waals surface area (Å²) in [5, 5.41) is 7.85. The first-order valence-electron chi connectivity index (χ1n) is 17.2. The van der Waals surface area contributed by atoms with Gasteiger partial charge in [-0.3, -0.25) is 0 Å². The van der Waals surface area contributed by atoms with Gasteiger partial charge in [-0.1, -0.05) is 143 Å². The third-order valence-corrected chi connectivity index (χ3v) is 11.6. The van der Waals surface area contributed by atoms with Crippen molar-refractivity contribution < 1.29 is 0 Å². The second-order valence-electron chi connectivity index (χ2n) is 15.0. The third-order valence-electron chi connectivity index (χ3n) is 11.6. The van der Waals surface area contributed by atoms with Crippen LogP contribution in [0.3, 0.4) is 0 Å². The van der Waals surface area contributed by atoms with Crippen molar-refractivity contribution in [3.63, 3.8) is 0 Å². The molecule has 8 aromatic carbocycles. The average Bonchev–Trinajstić information content (AvgIpc) is 3.34. The van der Waals surface area contributed by atoms with Gasteiger partial charge in [-0.05, 0) is 129 Å². The second kappa shape index (κ2) is 9.55. The molecule has 0 N–H and O–H groups in total. The summed E-state index contributed by atoms with van der Waals surface area (Å²) < 4.78 is 0. The Morgan fingerprint density at radius 1 is 0.312 bits per heavy atom. The van der Waals surface area contributed by atoms with Gasteiger partial charge in [0.25, 0.3) is 0 Å². The van der Waals surface area contributed by atoms with Crippen molar-refractivity contribution in [2.45, 2.75) is 38.5 Å². The minimum Gasteiger partial charge on any atom is -0.0616 e. The molecule has 0 heteroatoms. The van der Waals surface area contributed by atoms with Crippen LogP contribution in [-0.2, 0) is 10.8 Å². The normalized spacial score (nSPS) is 15.0. The van der Waals surface area contributed by atoms with Gasteiger partial charge in [0.15, 0.2) is 0 Å². The Labute approximate surface area is 282 Å². The van der Waals surface area contributed by atoms with Gasteiger partial charge < -0.3 is 0 Å². The Morgan fingerprint density at radius 3 is 1.52 bits per heavy atom. The van der Waals surface area contributed by atoms with Crippen molar-refractivity contribution in [3.8, 4) is 44.5 Å². The van der Waals surface area contributed by atoms with Crippen LogP contribution in [-0.4, -0.2) is 0 Å². The van der Waals surface area contributed by atoms with E-state index in [0.717, 1.165) is 0 Å². The Morgan fingerprint density at radius 2 is 0.812 bits per heavy atom. The summed E-state index contributed by atoms with van der Waals surface area (Å²) in [6.45, 7) is 9.66. The van der Waals surface area contributed by atoms with Crippen molar-refractivity contribution in [1.82, 2.24) is 0 Å².